The van der Waals surface area contributed by atoms with Crippen LogP contribution in [0.2, 0.25) is 0 Å². The Morgan fingerprint density at radius 3 is 2.92 bits per heavy atom. The fourth-order valence-electron chi connectivity index (χ4n) is 3.09. The molecule has 0 saturated heterocycles. The van der Waals surface area contributed by atoms with Crippen LogP contribution in [-0.2, 0) is 12.8 Å². The second-order valence-corrected chi connectivity index (χ2v) is 6.25. The van der Waals surface area contributed by atoms with Crippen molar-refractivity contribution in [3.63, 3.8) is 0 Å². The molecule has 2 N–H and O–H groups in total. The van der Waals surface area contributed by atoms with E-state index in [1.807, 2.05) is 0 Å². The van der Waals surface area contributed by atoms with Crippen molar-refractivity contribution in [1.29, 1.82) is 0 Å². The molecule has 1 aromatic heterocycles. The van der Waals surface area contributed by atoms with Gasteiger partial charge < -0.3 is 19.6 Å². The predicted molar refractivity (Wildman–Crippen MR) is 91.5 cm³/mol. The Bertz CT molecular complexity index is 740. The fourth-order valence-corrected chi connectivity index (χ4v) is 3.09. The maximum atomic E-state index is 11.7. The van der Waals surface area contributed by atoms with Gasteiger partial charge in [-0.25, -0.2) is 0 Å². The summed E-state index contributed by atoms with van der Waals surface area (Å²) < 4.78 is 10.6. The van der Waals surface area contributed by atoms with Crippen molar-refractivity contribution in [1.82, 2.24) is 5.32 Å². The van der Waals surface area contributed by atoms with Gasteiger partial charge in [0.15, 0.2) is 0 Å². The van der Waals surface area contributed by atoms with E-state index in [9.17, 15) is 9.90 Å². The zero-order valence-electron chi connectivity index (χ0n) is 13.8. The Hall–Kier alpha value is -2.11. The molecule has 2 aromatic rings. The molecule has 24 heavy (non-hydrogen) atoms. The summed E-state index contributed by atoms with van der Waals surface area (Å²) in [6, 6.07) is 10.2. The van der Waals surface area contributed by atoms with Crippen molar-refractivity contribution < 1.29 is 14.3 Å². The van der Waals surface area contributed by atoms with Gasteiger partial charge in [-0.05, 0) is 37.3 Å². The first-order valence-corrected chi connectivity index (χ1v) is 8.33. The molecule has 0 radical (unpaired) electrons. The third-order valence-corrected chi connectivity index (χ3v) is 4.42. The molecule has 1 aliphatic carbocycles. The van der Waals surface area contributed by atoms with Gasteiger partial charge >= 0.3 is 0 Å². The van der Waals surface area contributed by atoms with Crippen LogP contribution in [0, 0.1) is 6.92 Å². The van der Waals surface area contributed by atoms with Gasteiger partial charge in [0.2, 0.25) is 11.2 Å². The maximum absolute atomic E-state index is 11.7. The standard InChI is InChI=1S/C19H23NO4/c1-13-19(18(22)8-9-23-13)24-12-17(21)11-20-16-7-6-14-4-2-3-5-15(14)10-16/h2-5,8-9,16-17,20-21H,6-7,10-12H2,1H3. The molecule has 5 heteroatoms. The number of benzene rings is 1. The van der Waals surface area contributed by atoms with E-state index in [1.54, 1.807) is 6.92 Å². The van der Waals surface area contributed by atoms with Gasteiger partial charge in [-0.2, -0.15) is 0 Å². The first kappa shape index (κ1) is 16.7. The molecule has 2 unspecified atom stereocenters. The molecule has 2 atom stereocenters. The lowest BCUT2D eigenvalue weighted by Gasteiger charge is -2.26. The van der Waals surface area contributed by atoms with Gasteiger partial charge in [0.25, 0.3) is 0 Å². The first-order chi connectivity index (χ1) is 11.6. The lowest BCUT2D eigenvalue weighted by Crippen LogP contribution is -2.41. The smallest absolute Gasteiger partial charge is 0.226 e. The first-order valence-electron chi connectivity index (χ1n) is 8.33. The summed E-state index contributed by atoms with van der Waals surface area (Å²) in [5, 5.41) is 13.5. The highest BCUT2D eigenvalue weighted by Crippen LogP contribution is 2.21. The number of aliphatic hydroxyl groups excluding tert-OH is 1. The number of hydrogen-bond donors (Lipinski definition) is 2. The van der Waals surface area contributed by atoms with Crippen LogP contribution >= 0.6 is 0 Å². The Morgan fingerprint density at radius 2 is 2.12 bits per heavy atom. The van der Waals surface area contributed by atoms with E-state index in [4.69, 9.17) is 9.15 Å². The Balaban J connectivity index is 1.46. The van der Waals surface area contributed by atoms with E-state index in [1.165, 1.54) is 23.5 Å². The molecule has 0 fully saturated rings. The van der Waals surface area contributed by atoms with Crippen LogP contribution < -0.4 is 15.5 Å². The minimum Gasteiger partial charge on any atom is -0.484 e. The Labute approximate surface area is 141 Å². The highest BCUT2D eigenvalue weighted by atomic mass is 16.5. The monoisotopic (exact) mass is 329 g/mol. The second-order valence-electron chi connectivity index (χ2n) is 6.25. The van der Waals surface area contributed by atoms with Gasteiger partial charge in [-0.15, -0.1) is 0 Å². The highest BCUT2D eigenvalue weighted by Gasteiger charge is 2.19. The Kier molecular flexibility index (Phi) is 5.33. The average molecular weight is 329 g/mol. The number of nitrogens with one attached hydrogen (secondary N) is 1. The summed E-state index contributed by atoms with van der Waals surface area (Å²) in [5.41, 5.74) is 2.57. The quantitative estimate of drug-likeness (QED) is 0.846. The lowest BCUT2D eigenvalue weighted by molar-refractivity contribution is 0.100. The van der Waals surface area contributed by atoms with Gasteiger partial charge in [0, 0.05) is 18.7 Å². The molecule has 128 valence electrons. The molecule has 5 nitrogen and oxygen atoms in total. The van der Waals surface area contributed by atoms with Crippen molar-refractivity contribution in [2.75, 3.05) is 13.2 Å². The SMILES string of the molecule is Cc1occc(=O)c1OCC(O)CNC1CCc2ccccc2C1. The minimum atomic E-state index is -0.679. The van der Waals surface area contributed by atoms with E-state index >= 15 is 0 Å². The fraction of sp³-hybridized carbons (Fsp3) is 0.421. The largest absolute Gasteiger partial charge is 0.484 e. The number of hydrogen-bond acceptors (Lipinski definition) is 5. The summed E-state index contributed by atoms with van der Waals surface area (Å²) in [7, 11) is 0. The zero-order chi connectivity index (χ0) is 16.9. The summed E-state index contributed by atoms with van der Waals surface area (Å²) in [6.45, 7) is 2.16. The highest BCUT2D eigenvalue weighted by molar-refractivity contribution is 5.30. The summed E-state index contributed by atoms with van der Waals surface area (Å²) in [5.74, 6) is 0.592. The van der Waals surface area contributed by atoms with Crippen LogP contribution in [0.4, 0.5) is 0 Å². The molecule has 0 spiro atoms. The zero-order valence-corrected chi connectivity index (χ0v) is 13.8. The van der Waals surface area contributed by atoms with E-state index in [-0.39, 0.29) is 17.8 Å². The van der Waals surface area contributed by atoms with Gasteiger partial charge in [0.05, 0.1) is 6.26 Å². The molecule has 1 aliphatic rings. The van der Waals surface area contributed by atoms with E-state index < -0.39 is 6.10 Å². The maximum Gasteiger partial charge on any atom is 0.226 e. The number of rotatable bonds is 6. The van der Waals surface area contributed by atoms with Crippen LogP contribution in [0.1, 0.15) is 23.3 Å². The van der Waals surface area contributed by atoms with E-state index in [2.05, 4.69) is 29.6 Å². The lowest BCUT2D eigenvalue weighted by atomic mass is 9.88. The molecule has 0 aliphatic heterocycles. The molecule has 0 amide bonds. The number of ether oxygens (including phenoxy) is 1. The van der Waals surface area contributed by atoms with Crippen LogP contribution in [0.25, 0.3) is 0 Å². The third-order valence-electron chi connectivity index (χ3n) is 4.42. The molecule has 3 rings (SSSR count). The average Bonchev–Trinajstić information content (AvgIpc) is 2.59. The molecule has 0 bridgehead atoms. The van der Waals surface area contributed by atoms with Crippen molar-refractivity contribution >= 4 is 0 Å². The molecular weight excluding hydrogens is 306 g/mol. The van der Waals surface area contributed by atoms with E-state index in [0.717, 1.165) is 19.3 Å². The van der Waals surface area contributed by atoms with Crippen LogP contribution in [0.15, 0.2) is 45.8 Å². The number of fused-ring (bicyclic) bond motifs is 1. The van der Waals surface area contributed by atoms with Crippen molar-refractivity contribution in [2.45, 2.75) is 38.3 Å². The normalized spacial score (nSPS) is 18.0. The summed E-state index contributed by atoms with van der Waals surface area (Å²) in [6.07, 6.45) is 3.76. The predicted octanol–water partition coefficient (Wildman–Crippen LogP) is 1.84. The Morgan fingerprint density at radius 1 is 1.33 bits per heavy atom. The molecular formula is C19H23NO4. The molecule has 1 aromatic carbocycles. The van der Waals surface area contributed by atoms with E-state index in [0.29, 0.717) is 18.3 Å². The molecule has 0 saturated carbocycles. The summed E-state index contributed by atoms with van der Waals surface area (Å²) in [4.78, 5) is 11.7. The molecule has 1 heterocycles. The van der Waals surface area contributed by atoms with Crippen molar-refractivity contribution in [3.8, 4) is 5.75 Å². The third kappa shape index (κ3) is 4.04. The summed E-state index contributed by atoms with van der Waals surface area (Å²) >= 11 is 0. The number of aliphatic hydroxyl groups is 1. The second kappa shape index (κ2) is 7.64. The van der Waals surface area contributed by atoms with Crippen molar-refractivity contribution in [2.24, 2.45) is 0 Å². The van der Waals surface area contributed by atoms with Gasteiger partial charge in [0.1, 0.15) is 18.5 Å². The van der Waals surface area contributed by atoms with Crippen LogP contribution in [0.5, 0.6) is 5.75 Å². The van der Waals surface area contributed by atoms with Crippen LogP contribution in [-0.4, -0.2) is 30.4 Å². The number of aryl methyl sites for hydroxylation is 2. The minimum absolute atomic E-state index is 0.0614. The van der Waals surface area contributed by atoms with Gasteiger partial charge in [-0.1, -0.05) is 24.3 Å². The topological polar surface area (TPSA) is 71.7 Å². The van der Waals surface area contributed by atoms with Crippen LogP contribution in [0.3, 0.4) is 0 Å². The van der Waals surface area contributed by atoms with Gasteiger partial charge in [-0.3, -0.25) is 4.79 Å². The van der Waals surface area contributed by atoms with Crippen molar-refractivity contribution in [3.05, 3.63) is 63.7 Å².